The Labute approximate surface area is 172 Å². The van der Waals surface area contributed by atoms with Gasteiger partial charge in [0.05, 0.1) is 18.0 Å². The molecule has 1 amide bonds. The summed E-state index contributed by atoms with van der Waals surface area (Å²) < 4.78 is 0. The summed E-state index contributed by atoms with van der Waals surface area (Å²) in [4.78, 5) is 14.4. The molecular weight excluding hydrogens is 390 g/mol. The van der Waals surface area contributed by atoms with Crippen LogP contribution in [-0.2, 0) is 11.3 Å². The second-order valence-electron chi connectivity index (χ2n) is 6.50. The van der Waals surface area contributed by atoms with Crippen LogP contribution in [0.4, 0.5) is 0 Å². The summed E-state index contributed by atoms with van der Waals surface area (Å²) in [6.07, 6.45) is 1.66. The standard InChI is InChI=1S/C22H18ClN3OS/c1-15-21(27)26(14-18-7-4-6-17-5-2-3-8-20(17)18)22(28-15)25-24-13-16-9-11-19(23)12-10-16/h2-13,15H,14H2,1H3/b24-13-,25-22+/t15-/m0/s1. The van der Waals surface area contributed by atoms with E-state index in [1.165, 1.54) is 11.8 Å². The summed E-state index contributed by atoms with van der Waals surface area (Å²) in [5, 5.41) is 11.9. The van der Waals surface area contributed by atoms with E-state index in [1.54, 1.807) is 23.2 Å². The van der Waals surface area contributed by atoms with Crippen LogP contribution in [0.5, 0.6) is 0 Å². The highest BCUT2D eigenvalue weighted by atomic mass is 35.5. The molecule has 1 aliphatic rings. The molecule has 3 aromatic rings. The number of halogens is 1. The predicted molar refractivity (Wildman–Crippen MR) is 118 cm³/mol. The Morgan fingerprint density at radius 1 is 1.07 bits per heavy atom. The van der Waals surface area contributed by atoms with E-state index in [2.05, 4.69) is 34.5 Å². The number of carbonyl (C=O) groups excluding carboxylic acids is 1. The first-order chi connectivity index (χ1) is 13.6. The van der Waals surface area contributed by atoms with Crippen molar-refractivity contribution in [3.05, 3.63) is 82.9 Å². The van der Waals surface area contributed by atoms with Crippen LogP contribution < -0.4 is 0 Å². The van der Waals surface area contributed by atoms with Gasteiger partial charge < -0.3 is 0 Å². The van der Waals surface area contributed by atoms with Gasteiger partial charge in [-0.2, -0.15) is 5.10 Å². The van der Waals surface area contributed by atoms with Gasteiger partial charge in [-0.1, -0.05) is 78.0 Å². The van der Waals surface area contributed by atoms with Gasteiger partial charge in [0.25, 0.3) is 0 Å². The monoisotopic (exact) mass is 407 g/mol. The zero-order valence-electron chi connectivity index (χ0n) is 15.2. The van der Waals surface area contributed by atoms with Crippen LogP contribution >= 0.6 is 23.4 Å². The molecule has 1 aliphatic heterocycles. The Bertz CT molecular complexity index is 1070. The Balaban J connectivity index is 1.60. The number of amidine groups is 1. The highest BCUT2D eigenvalue weighted by Gasteiger charge is 2.35. The van der Waals surface area contributed by atoms with Gasteiger partial charge in [-0.05, 0) is 41.0 Å². The van der Waals surface area contributed by atoms with Crippen LogP contribution in [0.2, 0.25) is 5.02 Å². The van der Waals surface area contributed by atoms with Crippen LogP contribution in [0.25, 0.3) is 10.8 Å². The molecule has 1 fully saturated rings. The van der Waals surface area contributed by atoms with E-state index in [4.69, 9.17) is 11.6 Å². The fourth-order valence-corrected chi connectivity index (χ4v) is 4.15. The van der Waals surface area contributed by atoms with Gasteiger partial charge in [-0.15, -0.1) is 5.10 Å². The van der Waals surface area contributed by atoms with Crippen LogP contribution in [-0.4, -0.2) is 27.4 Å². The van der Waals surface area contributed by atoms with Crippen molar-refractivity contribution in [3.8, 4) is 0 Å². The lowest BCUT2D eigenvalue weighted by Crippen LogP contribution is -2.30. The maximum absolute atomic E-state index is 12.7. The summed E-state index contributed by atoms with van der Waals surface area (Å²) in [6.45, 7) is 2.38. The van der Waals surface area contributed by atoms with Gasteiger partial charge >= 0.3 is 0 Å². The molecule has 0 aromatic heterocycles. The third kappa shape index (κ3) is 3.96. The van der Waals surface area contributed by atoms with Gasteiger partial charge in [-0.3, -0.25) is 9.69 Å². The topological polar surface area (TPSA) is 45.0 Å². The van der Waals surface area contributed by atoms with E-state index >= 15 is 0 Å². The van der Waals surface area contributed by atoms with E-state index in [1.807, 2.05) is 37.3 Å². The molecular formula is C22H18ClN3OS. The highest BCUT2D eigenvalue weighted by molar-refractivity contribution is 8.15. The second-order valence-corrected chi connectivity index (χ2v) is 8.25. The number of fused-ring (bicyclic) bond motifs is 1. The van der Waals surface area contributed by atoms with Gasteiger partial charge in [0.2, 0.25) is 5.91 Å². The SMILES string of the molecule is C[C@@H]1S/C(=N/N=C\c2ccc(Cl)cc2)N(Cc2cccc3ccccc23)C1=O. The normalized spacial score (nSPS) is 18.6. The average molecular weight is 408 g/mol. The zero-order valence-corrected chi connectivity index (χ0v) is 16.8. The zero-order chi connectivity index (χ0) is 19.5. The minimum Gasteiger partial charge on any atom is -0.284 e. The third-order valence-electron chi connectivity index (χ3n) is 4.56. The first-order valence-corrected chi connectivity index (χ1v) is 10.2. The van der Waals surface area contributed by atoms with E-state index in [0.717, 1.165) is 21.9 Å². The molecule has 0 aliphatic carbocycles. The maximum Gasteiger partial charge on any atom is 0.242 e. The Hall–Kier alpha value is -2.63. The van der Waals surface area contributed by atoms with Crippen LogP contribution in [0, 0.1) is 0 Å². The van der Waals surface area contributed by atoms with Crippen molar-refractivity contribution in [2.45, 2.75) is 18.7 Å². The van der Waals surface area contributed by atoms with E-state index < -0.39 is 0 Å². The Kier molecular flexibility index (Phi) is 5.46. The quantitative estimate of drug-likeness (QED) is 0.432. The number of nitrogens with zero attached hydrogens (tertiary/aromatic N) is 3. The maximum atomic E-state index is 12.7. The average Bonchev–Trinajstić information content (AvgIpc) is 2.97. The summed E-state index contributed by atoms with van der Waals surface area (Å²) in [6, 6.07) is 21.7. The van der Waals surface area contributed by atoms with E-state index in [9.17, 15) is 4.79 Å². The summed E-state index contributed by atoms with van der Waals surface area (Å²) in [5.74, 6) is 0.0541. The van der Waals surface area contributed by atoms with Crippen molar-refractivity contribution in [1.29, 1.82) is 0 Å². The largest absolute Gasteiger partial charge is 0.284 e. The minimum absolute atomic E-state index is 0.0541. The molecule has 28 heavy (non-hydrogen) atoms. The molecule has 1 atom stereocenters. The molecule has 140 valence electrons. The number of amides is 1. The molecule has 4 nitrogen and oxygen atoms in total. The molecule has 4 rings (SSSR count). The number of carbonyl (C=O) groups is 1. The number of thioether (sulfide) groups is 1. The summed E-state index contributed by atoms with van der Waals surface area (Å²) >= 11 is 7.33. The molecule has 6 heteroatoms. The Morgan fingerprint density at radius 2 is 1.82 bits per heavy atom. The van der Waals surface area contributed by atoms with Crippen molar-refractivity contribution in [1.82, 2.24) is 4.90 Å². The first kappa shape index (κ1) is 18.7. The fourth-order valence-electron chi connectivity index (χ4n) is 3.10. The van der Waals surface area contributed by atoms with Crippen LogP contribution in [0.3, 0.4) is 0 Å². The lowest BCUT2D eigenvalue weighted by Gasteiger charge is -2.17. The van der Waals surface area contributed by atoms with E-state index in [0.29, 0.717) is 16.7 Å². The van der Waals surface area contributed by atoms with Crippen LogP contribution in [0.15, 0.2) is 76.9 Å². The molecule has 0 radical (unpaired) electrons. The van der Waals surface area contributed by atoms with Crippen molar-refractivity contribution in [2.75, 3.05) is 0 Å². The van der Waals surface area contributed by atoms with Gasteiger partial charge in [0.15, 0.2) is 5.17 Å². The molecule has 0 unspecified atom stereocenters. The van der Waals surface area contributed by atoms with Gasteiger partial charge in [0, 0.05) is 5.02 Å². The predicted octanol–water partition coefficient (Wildman–Crippen LogP) is 5.35. The molecule has 0 N–H and O–H groups in total. The Morgan fingerprint density at radius 3 is 2.64 bits per heavy atom. The number of benzene rings is 3. The summed E-state index contributed by atoms with van der Waals surface area (Å²) in [7, 11) is 0. The third-order valence-corrected chi connectivity index (χ3v) is 5.88. The lowest BCUT2D eigenvalue weighted by atomic mass is 10.0. The number of rotatable bonds is 4. The van der Waals surface area contributed by atoms with Gasteiger partial charge in [-0.25, -0.2) is 0 Å². The smallest absolute Gasteiger partial charge is 0.242 e. The molecule has 1 heterocycles. The highest BCUT2D eigenvalue weighted by Crippen LogP contribution is 2.30. The number of hydrogen-bond donors (Lipinski definition) is 0. The molecule has 0 saturated carbocycles. The molecule has 3 aromatic carbocycles. The first-order valence-electron chi connectivity index (χ1n) is 8.93. The van der Waals surface area contributed by atoms with Crippen molar-refractivity contribution in [2.24, 2.45) is 10.2 Å². The van der Waals surface area contributed by atoms with Crippen molar-refractivity contribution >= 4 is 51.4 Å². The summed E-state index contributed by atoms with van der Waals surface area (Å²) in [5.41, 5.74) is 1.99. The number of hydrogen-bond acceptors (Lipinski definition) is 4. The fraction of sp³-hybridized carbons (Fsp3) is 0.136. The second kappa shape index (κ2) is 8.17. The minimum atomic E-state index is -0.167. The van der Waals surface area contributed by atoms with Crippen LogP contribution in [0.1, 0.15) is 18.1 Å². The molecule has 0 bridgehead atoms. The molecule has 1 saturated heterocycles. The van der Waals surface area contributed by atoms with Crippen molar-refractivity contribution in [3.63, 3.8) is 0 Å². The van der Waals surface area contributed by atoms with Gasteiger partial charge in [0.1, 0.15) is 0 Å². The van der Waals surface area contributed by atoms with E-state index in [-0.39, 0.29) is 11.2 Å². The molecule has 0 spiro atoms. The lowest BCUT2D eigenvalue weighted by molar-refractivity contribution is -0.126. The van der Waals surface area contributed by atoms with Crippen molar-refractivity contribution < 1.29 is 4.79 Å².